The van der Waals surface area contributed by atoms with Crippen molar-refractivity contribution in [2.24, 2.45) is 5.73 Å². The summed E-state index contributed by atoms with van der Waals surface area (Å²) in [6.07, 6.45) is -0.379. The van der Waals surface area contributed by atoms with Gasteiger partial charge >= 0.3 is 5.97 Å². The van der Waals surface area contributed by atoms with Gasteiger partial charge in [0.25, 0.3) is 11.8 Å². The van der Waals surface area contributed by atoms with Crippen molar-refractivity contribution >= 4 is 44.0 Å². The molecule has 1 heterocycles. The molecule has 138 valence electrons. The van der Waals surface area contributed by atoms with Crippen LogP contribution in [0.25, 0.3) is 0 Å². The number of carbonyl (C=O) groups excluding carboxylic acids is 3. The molecule has 0 bridgehead atoms. The zero-order valence-corrected chi connectivity index (χ0v) is 15.1. The fourth-order valence-corrected chi connectivity index (χ4v) is 4.00. The van der Waals surface area contributed by atoms with Gasteiger partial charge in [-0.05, 0) is 23.6 Å². The molecular formula is C16H16N2O6S2. The van der Waals surface area contributed by atoms with Gasteiger partial charge in [-0.3, -0.25) is 14.4 Å². The molecule has 0 unspecified atom stereocenters. The number of ether oxygens (including phenoxy) is 1. The number of esters is 1. The van der Waals surface area contributed by atoms with Gasteiger partial charge in [0.1, 0.15) is 5.00 Å². The minimum Gasteiger partial charge on any atom is -0.456 e. The summed E-state index contributed by atoms with van der Waals surface area (Å²) in [6.45, 7) is -0.597. The third-order valence-electron chi connectivity index (χ3n) is 3.23. The van der Waals surface area contributed by atoms with Gasteiger partial charge in [-0.15, -0.1) is 11.3 Å². The fourth-order valence-electron chi connectivity index (χ4n) is 1.94. The summed E-state index contributed by atoms with van der Waals surface area (Å²) in [7, 11) is -3.60. The molecule has 26 heavy (non-hydrogen) atoms. The SMILES string of the molecule is NC(=O)c1ccsc1NC(=O)COC(=O)CCS(=O)(=O)c1ccccc1. The maximum absolute atomic E-state index is 12.1. The molecule has 0 atom stereocenters. The molecular weight excluding hydrogens is 380 g/mol. The molecule has 10 heteroatoms. The number of carbonyl (C=O) groups is 3. The van der Waals surface area contributed by atoms with Gasteiger partial charge in [0.05, 0.1) is 22.6 Å². The average Bonchev–Trinajstić information content (AvgIpc) is 3.07. The van der Waals surface area contributed by atoms with Crippen LogP contribution in [0.1, 0.15) is 16.8 Å². The highest BCUT2D eigenvalue weighted by molar-refractivity contribution is 7.91. The fraction of sp³-hybridized carbons (Fsp3) is 0.188. The Kier molecular flexibility index (Phi) is 6.47. The van der Waals surface area contributed by atoms with Crippen molar-refractivity contribution in [1.29, 1.82) is 0 Å². The number of hydrogen-bond donors (Lipinski definition) is 2. The molecule has 3 N–H and O–H groups in total. The van der Waals surface area contributed by atoms with Crippen molar-refractivity contribution in [3.05, 3.63) is 47.3 Å². The van der Waals surface area contributed by atoms with Crippen LogP contribution >= 0.6 is 11.3 Å². The highest BCUT2D eigenvalue weighted by atomic mass is 32.2. The molecule has 0 radical (unpaired) electrons. The molecule has 2 amide bonds. The first-order valence-electron chi connectivity index (χ1n) is 7.40. The van der Waals surface area contributed by atoms with E-state index in [2.05, 4.69) is 5.32 Å². The van der Waals surface area contributed by atoms with Crippen LogP contribution in [0.15, 0.2) is 46.7 Å². The summed E-state index contributed by atoms with van der Waals surface area (Å²) in [5.74, 6) is -2.59. The minimum atomic E-state index is -3.60. The summed E-state index contributed by atoms with van der Waals surface area (Å²) < 4.78 is 28.9. The van der Waals surface area contributed by atoms with Crippen LogP contribution in [0, 0.1) is 0 Å². The second-order valence-corrected chi connectivity index (χ2v) is 8.14. The maximum atomic E-state index is 12.1. The molecule has 0 spiro atoms. The average molecular weight is 396 g/mol. The lowest BCUT2D eigenvalue weighted by atomic mass is 10.3. The first-order chi connectivity index (χ1) is 12.3. The number of amides is 2. The Bertz CT molecular complexity index is 906. The van der Waals surface area contributed by atoms with Crippen LogP contribution in [-0.2, 0) is 24.2 Å². The third-order valence-corrected chi connectivity index (χ3v) is 5.79. The molecule has 1 aromatic heterocycles. The largest absolute Gasteiger partial charge is 0.456 e. The van der Waals surface area contributed by atoms with Gasteiger partial charge in [-0.1, -0.05) is 18.2 Å². The van der Waals surface area contributed by atoms with Crippen LogP contribution in [0.2, 0.25) is 0 Å². The van der Waals surface area contributed by atoms with E-state index in [1.165, 1.54) is 18.2 Å². The molecule has 0 saturated heterocycles. The van der Waals surface area contributed by atoms with Gasteiger partial charge in [0.15, 0.2) is 16.4 Å². The van der Waals surface area contributed by atoms with Crippen molar-refractivity contribution in [3.63, 3.8) is 0 Å². The van der Waals surface area contributed by atoms with Gasteiger partial charge in [-0.25, -0.2) is 8.42 Å². The van der Waals surface area contributed by atoms with Crippen molar-refractivity contribution in [2.75, 3.05) is 17.7 Å². The predicted molar refractivity (Wildman–Crippen MR) is 95.5 cm³/mol. The van der Waals surface area contributed by atoms with Gasteiger partial charge in [0.2, 0.25) is 0 Å². The Labute approximate surface area is 153 Å². The first kappa shape index (κ1) is 19.6. The van der Waals surface area contributed by atoms with Crippen LogP contribution in [0.3, 0.4) is 0 Å². The zero-order chi connectivity index (χ0) is 19.2. The zero-order valence-electron chi connectivity index (χ0n) is 13.5. The Morgan fingerprint density at radius 1 is 1.12 bits per heavy atom. The standard InChI is InChI=1S/C16H16N2O6S2/c17-15(21)12-6-8-25-16(12)18-13(19)10-24-14(20)7-9-26(22,23)11-4-2-1-3-5-11/h1-6,8H,7,9-10H2,(H2,17,21)(H,18,19). The molecule has 0 aliphatic heterocycles. The van der Waals surface area contributed by atoms with Crippen molar-refractivity contribution < 1.29 is 27.5 Å². The van der Waals surface area contributed by atoms with E-state index in [1.807, 2.05) is 0 Å². The van der Waals surface area contributed by atoms with Crippen molar-refractivity contribution in [1.82, 2.24) is 0 Å². The van der Waals surface area contributed by atoms with E-state index < -0.39 is 40.0 Å². The molecule has 0 aliphatic carbocycles. The highest BCUT2D eigenvalue weighted by Gasteiger charge is 2.18. The summed E-state index contributed by atoms with van der Waals surface area (Å²) >= 11 is 1.10. The maximum Gasteiger partial charge on any atom is 0.307 e. The Morgan fingerprint density at radius 3 is 2.46 bits per heavy atom. The van der Waals surface area contributed by atoms with Gasteiger partial charge in [0, 0.05) is 0 Å². The second-order valence-electron chi connectivity index (χ2n) is 5.12. The van der Waals surface area contributed by atoms with Crippen molar-refractivity contribution in [2.45, 2.75) is 11.3 Å². The number of nitrogens with one attached hydrogen (secondary N) is 1. The Hall–Kier alpha value is -2.72. The van der Waals surface area contributed by atoms with E-state index in [1.54, 1.807) is 23.6 Å². The number of primary amides is 1. The van der Waals surface area contributed by atoms with E-state index in [-0.39, 0.29) is 21.9 Å². The highest BCUT2D eigenvalue weighted by Crippen LogP contribution is 2.22. The number of sulfone groups is 1. The molecule has 8 nitrogen and oxygen atoms in total. The van der Waals surface area contributed by atoms with Gasteiger partial charge < -0.3 is 15.8 Å². The Morgan fingerprint density at radius 2 is 1.81 bits per heavy atom. The third kappa shape index (κ3) is 5.39. The normalized spacial score (nSPS) is 10.9. The van der Waals surface area contributed by atoms with E-state index >= 15 is 0 Å². The molecule has 2 rings (SSSR count). The lowest BCUT2D eigenvalue weighted by molar-refractivity contribution is -0.146. The number of hydrogen-bond acceptors (Lipinski definition) is 7. The Balaban J connectivity index is 1.80. The summed E-state index contributed by atoms with van der Waals surface area (Å²) in [5.41, 5.74) is 5.32. The van der Waals surface area contributed by atoms with E-state index in [0.29, 0.717) is 0 Å². The number of anilines is 1. The predicted octanol–water partition coefficient (Wildman–Crippen LogP) is 1.19. The van der Waals surface area contributed by atoms with Crippen LogP contribution in [-0.4, -0.2) is 38.6 Å². The molecule has 0 fully saturated rings. The van der Waals surface area contributed by atoms with E-state index in [4.69, 9.17) is 10.5 Å². The number of nitrogens with two attached hydrogens (primary N) is 1. The molecule has 2 aromatic rings. The number of rotatable bonds is 8. The molecule has 0 aliphatic rings. The monoisotopic (exact) mass is 396 g/mol. The van der Waals surface area contributed by atoms with E-state index in [9.17, 15) is 22.8 Å². The summed E-state index contributed by atoms with van der Waals surface area (Å²) in [5, 5.41) is 4.24. The van der Waals surface area contributed by atoms with Crippen LogP contribution in [0.5, 0.6) is 0 Å². The van der Waals surface area contributed by atoms with E-state index in [0.717, 1.165) is 11.3 Å². The smallest absolute Gasteiger partial charge is 0.307 e. The van der Waals surface area contributed by atoms with Gasteiger partial charge in [-0.2, -0.15) is 0 Å². The lowest BCUT2D eigenvalue weighted by Crippen LogP contribution is -2.23. The minimum absolute atomic E-state index is 0.113. The summed E-state index contributed by atoms with van der Waals surface area (Å²) in [4.78, 5) is 34.7. The first-order valence-corrected chi connectivity index (χ1v) is 9.93. The van der Waals surface area contributed by atoms with Crippen molar-refractivity contribution in [3.8, 4) is 0 Å². The second kappa shape index (κ2) is 8.59. The summed E-state index contributed by atoms with van der Waals surface area (Å²) in [6, 6.07) is 9.18. The number of thiophene rings is 1. The van der Waals surface area contributed by atoms with Crippen LogP contribution in [0.4, 0.5) is 5.00 Å². The number of benzene rings is 1. The lowest BCUT2D eigenvalue weighted by Gasteiger charge is -2.07. The molecule has 0 saturated carbocycles. The molecule has 1 aromatic carbocycles. The van der Waals surface area contributed by atoms with Crippen LogP contribution < -0.4 is 11.1 Å². The topological polar surface area (TPSA) is 133 Å². The quantitative estimate of drug-likeness (QED) is 0.644.